The Morgan fingerprint density at radius 1 is 1.00 bits per heavy atom. The second-order valence-corrected chi connectivity index (χ2v) is 3.95. The lowest BCUT2D eigenvalue weighted by Crippen LogP contribution is -2.09. The van der Waals surface area contributed by atoms with Gasteiger partial charge in [0, 0.05) is 18.0 Å². The van der Waals surface area contributed by atoms with Crippen LogP contribution in [0.5, 0.6) is 0 Å². The second kappa shape index (κ2) is 4.38. The van der Waals surface area contributed by atoms with Gasteiger partial charge < -0.3 is 0 Å². The van der Waals surface area contributed by atoms with Gasteiger partial charge in [0.1, 0.15) is 25.0 Å². The molecule has 0 fully saturated rings. The highest BCUT2D eigenvalue weighted by Gasteiger charge is 2.11. The highest BCUT2D eigenvalue weighted by Crippen LogP contribution is 2.22. The summed E-state index contributed by atoms with van der Waals surface area (Å²) in [5.41, 5.74) is 1.31. The largest absolute Gasteiger partial charge is 0.252 e. The van der Waals surface area contributed by atoms with Crippen molar-refractivity contribution in [2.24, 2.45) is 0 Å². The van der Waals surface area contributed by atoms with Crippen LogP contribution in [0, 0.1) is 11.6 Å². The van der Waals surface area contributed by atoms with Crippen LogP contribution in [0.1, 0.15) is 0 Å². The van der Waals surface area contributed by atoms with Crippen LogP contribution in [-0.2, 0) is 0 Å². The first-order valence-electron chi connectivity index (χ1n) is 5.48. The van der Waals surface area contributed by atoms with Crippen LogP contribution >= 0.6 is 0 Å². The molecule has 0 atom stereocenters. The third-order valence-electron chi connectivity index (χ3n) is 2.68. The van der Waals surface area contributed by atoms with E-state index in [1.807, 2.05) is 0 Å². The Labute approximate surface area is 108 Å². The van der Waals surface area contributed by atoms with Crippen LogP contribution in [-0.4, -0.2) is 22.8 Å². The molecule has 0 spiro atoms. The summed E-state index contributed by atoms with van der Waals surface area (Å²) in [4.78, 5) is 12.2. The maximum atomic E-state index is 13.7. The Hall–Kier alpha value is -2.37. The van der Waals surface area contributed by atoms with Crippen LogP contribution in [0.3, 0.4) is 0 Å². The number of rotatable bonds is 1. The number of aromatic nitrogens is 3. The lowest BCUT2D eigenvalue weighted by Gasteiger charge is -2.06. The van der Waals surface area contributed by atoms with E-state index in [0.29, 0.717) is 16.6 Å². The Kier molecular flexibility index (Phi) is 2.70. The van der Waals surface area contributed by atoms with Gasteiger partial charge in [0.25, 0.3) is 0 Å². The molecule has 6 heteroatoms. The average Bonchev–Trinajstić information content (AvgIpc) is 2.41. The van der Waals surface area contributed by atoms with Crippen LogP contribution in [0.4, 0.5) is 8.78 Å². The molecule has 3 aromatic rings. The smallest absolute Gasteiger partial charge is 0.178 e. The van der Waals surface area contributed by atoms with Crippen LogP contribution in [0.2, 0.25) is 0 Å². The molecule has 3 rings (SSSR count). The van der Waals surface area contributed by atoms with Crippen molar-refractivity contribution < 1.29 is 8.78 Å². The molecule has 0 bridgehead atoms. The molecule has 2 aromatic heterocycles. The summed E-state index contributed by atoms with van der Waals surface area (Å²) in [7, 11) is 5.82. The first-order chi connectivity index (χ1) is 9.15. The van der Waals surface area contributed by atoms with Crippen molar-refractivity contribution in [2.75, 3.05) is 0 Å². The molecule has 2 radical (unpaired) electrons. The Morgan fingerprint density at radius 3 is 2.63 bits per heavy atom. The van der Waals surface area contributed by atoms with E-state index in [1.165, 1.54) is 18.5 Å². The molecule has 1 aromatic carbocycles. The third-order valence-corrected chi connectivity index (χ3v) is 2.68. The van der Waals surface area contributed by atoms with Crippen molar-refractivity contribution >= 4 is 24.5 Å². The van der Waals surface area contributed by atoms with Crippen molar-refractivity contribution in [3.8, 4) is 11.3 Å². The van der Waals surface area contributed by atoms with Crippen molar-refractivity contribution in [1.82, 2.24) is 15.0 Å². The van der Waals surface area contributed by atoms with Crippen molar-refractivity contribution in [3.63, 3.8) is 0 Å². The minimum Gasteiger partial charge on any atom is -0.252 e. The average molecular weight is 253 g/mol. The summed E-state index contributed by atoms with van der Waals surface area (Å²) in [6.45, 7) is 0. The molecule has 0 saturated carbocycles. The molecular weight excluding hydrogens is 247 g/mol. The molecule has 0 unspecified atom stereocenters. The molecule has 2 heterocycles. The molecule has 0 saturated heterocycles. The summed E-state index contributed by atoms with van der Waals surface area (Å²) in [6.07, 6.45) is 2.95. The van der Waals surface area contributed by atoms with Gasteiger partial charge in [0.05, 0.1) is 5.69 Å². The number of fused-ring (bicyclic) bond motifs is 1. The third kappa shape index (κ3) is 2.05. The number of hydrogen-bond acceptors (Lipinski definition) is 3. The van der Waals surface area contributed by atoms with Crippen molar-refractivity contribution in [3.05, 3.63) is 48.3 Å². The lowest BCUT2D eigenvalue weighted by molar-refractivity contribution is 0.602. The SMILES string of the molecule is [B]c1cc(-c2cc(F)ccc2F)nc2nccnc12. The fraction of sp³-hybridized carbons (Fsp3) is 0. The maximum absolute atomic E-state index is 13.7. The highest BCUT2D eigenvalue weighted by atomic mass is 19.1. The predicted octanol–water partition coefficient (Wildman–Crippen LogP) is 1.76. The van der Waals surface area contributed by atoms with Gasteiger partial charge >= 0.3 is 0 Å². The molecule has 0 amide bonds. The first kappa shape index (κ1) is 11.7. The van der Waals surface area contributed by atoms with Gasteiger partial charge in [-0.15, -0.1) is 0 Å². The van der Waals surface area contributed by atoms with Crippen molar-refractivity contribution in [2.45, 2.75) is 0 Å². The molecular formula is C13H6BF2N3. The van der Waals surface area contributed by atoms with Gasteiger partial charge in [-0.3, -0.25) is 4.98 Å². The van der Waals surface area contributed by atoms with Crippen LogP contribution < -0.4 is 5.46 Å². The fourth-order valence-corrected chi connectivity index (χ4v) is 1.81. The van der Waals surface area contributed by atoms with E-state index in [1.54, 1.807) is 0 Å². The summed E-state index contributed by atoms with van der Waals surface area (Å²) < 4.78 is 26.9. The van der Waals surface area contributed by atoms with E-state index in [0.717, 1.165) is 18.2 Å². The van der Waals surface area contributed by atoms with Crippen molar-refractivity contribution in [1.29, 1.82) is 0 Å². The minimum absolute atomic E-state index is 0.0410. The lowest BCUT2D eigenvalue weighted by atomic mass is 9.93. The van der Waals surface area contributed by atoms with Gasteiger partial charge in [-0.25, -0.2) is 18.7 Å². The topological polar surface area (TPSA) is 38.7 Å². The normalized spacial score (nSPS) is 10.8. The Bertz CT molecular complexity index is 777. The molecule has 90 valence electrons. The van der Waals surface area contributed by atoms with E-state index < -0.39 is 11.6 Å². The number of benzene rings is 1. The molecule has 0 aliphatic rings. The second-order valence-electron chi connectivity index (χ2n) is 3.95. The van der Waals surface area contributed by atoms with Gasteiger partial charge in [0.2, 0.25) is 0 Å². The van der Waals surface area contributed by atoms with Crippen LogP contribution in [0.15, 0.2) is 36.7 Å². The Morgan fingerprint density at radius 2 is 1.79 bits per heavy atom. The van der Waals surface area contributed by atoms with Gasteiger partial charge in [-0.1, -0.05) is 5.46 Å². The van der Waals surface area contributed by atoms with Gasteiger partial charge in [-0.05, 0) is 24.3 Å². The zero-order valence-corrected chi connectivity index (χ0v) is 9.64. The zero-order chi connectivity index (χ0) is 13.4. The van der Waals surface area contributed by atoms with E-state index in [2.05, 4.69) is 15.0 Å². The number of hydrogen-bond donors (Lipinski definition) is 0. The summed E-state index contributed by atoms with van der Waals surface area (Å²) >= 11 is 0. The molecule has 19 heavy (non-hydrogen) atoms. The quantitative estimate of drug-likeness (QED) is 0.620. The first-order valence-corrected chi connectivity index (χ1v) is 5.48. The molecule has 0 N–H and O–H groups in total. The van der Waals surface area contributed by atoms with E-state index in [4.69, 9.17) is 7.85 Å². The standard InChI is InChI=1S/C13H6BF2N3/c14-9-6-11(8-5-7(15)1-2-10(8)16)19-13-12(9)17-3-4-18-13/h1-6H. The minimum atomic E-state index is -0.573. The van der Waals surface area contributed by atoms with Gasteiger partial charge in [-0.2, -0.15) is 0 Å². The molecule has 0 aliphatic carbocycles. The van der Waals surface area contributed by atoms with E-state index in [9.17, 15) is 8.78 Å². The number of nitrogens with zero attached hydrogens (tertiary/aromatic N) is 3. The summed E-state index contributed by atoms with van der Waals surface area (Å²) in [5, 5.41) is 0. The monoisotopic (exact) mass is 253 g/mol. The number of pyridine rings is 1. The fourth-order valence-electron chi connectivity index (χ4n) is 1.81. The summed E-state index contributed by atoms with van der Waals surface area (Å²) in [5.74, 6) is -1.12. The Balaban J connectivity index is 2.28. The zero-order valence-electron chi connectivity index (χ0n) is 9.64. The van der Waals surface area contributed by atoms with Gasteiger partial charge in [0.15, 0.2) is 5.65 Å². The van der Waals surface area contributed by atoms with Crippen LogP contribution in [0.25, 0.3) is 22.4 Å². The molecule has 3 nitrogen and oxygen atoms in total. The maximum Gasteiger partial charge on any atom is 0.178 e. The summed E-state index contributed by atoms with van der Waals surface area (Å²) in [6, 6.07) is 4.61. The number of halogens is 2. The van der Waals surface area contributed by atoms with E-state index >= 15 is 0 Å². The van der Waals surface area contributed by atoms with E-state index in [-0.39, 0.29) is 11.3 Å². The predicted molar refractivity (Wildman–Crippen MR) is 68.1 cm³/mol. The molecule has 0 aliphatic heterocycles. The highest BCUT2D eigenvalue weighted by molar-refractivity contribution is 6.38.